The van der Waals surface area contributed by atoms with Gasteiger partial charge in [-0.15, -0.1) is 10.2 Å². The smallest absolute Gasteiger partial charge is 0.277 e. The molecule has 0 atom stereocenters. The molecule has 0 unspecified atom stereocenters. The molecule has 4 fully saturated rings. The first-order valence-corrected chi connectivity index (χ1v) is 10.7. The molecule has 0 saturated heterocycles. The number of halogens is 1. The Bertz CT molecular complexity index is 815. The average molecular weight is 389 g/mol. The Morgan fingerprint density at radius 1 is 1.15 bits per heavy atom. The molecule has 2 aromatic rings. The van der Waals surface area contributed by atoms with Crippen LogP contribution in [-0.2, 0) is 4.79 Å². The number of ketones is 1. The molecule has 0 aliphatic heterocycles. The molecular formula is C20H21ClN2O2S. The van der Waals surface area contributed by atoms with Crippen LogP contribution in [0.4, 0.5) is 0 Å². The van der Waals surface area contributed by atoms with Gasteiger partial charge in [0.05, 0.1) is 5.75 Å². The number of carbonyl (C=O) groups is 1. The second kappa shape index (κ2) is 6.38. The molecule has 1 aromatic carbocycles. The molecule has 4 aliphatic carbocycles. The van der Waals surface area contributed by atoms with Gasteiger partial charge in [0.15, 0.2) is 0 Å². The summed E-state index contributed by atoms with van der Waals surface area (Å²) < 4.78 is 5.72. The topological polar surface area (TPSA) is 56.0 Å². The van der Waals surface area contributed by atoms with E-state index < -0.39 is 0 Å². The van der Waals surface area contributed by atoms with Crippen molar-refractivity contribution in [2.75, 3.05) is 5.75 Å². The maximum absolute atomic E-state index is 13.1. The first kappa shape index (κ1) is 16.8. The van der Waals surface area contributed by atoms with Crippen LogP contribution in [0.15, 0.2) is 33.9 Å². The van der Waals surface area contributed by atoms with Crippen LogP contribution in [-0.4, -0.2) is 21.7 Å². The van der Waals surface area contributed by atoms with Crippen LogP contribution < -0.4 is 0 Å². The van der Waals surface area contributed by atoms with Gasteiger partial charge in [0.2, 0.25) is 5.89 Å². The fourth-order valence-electron chi connectivity index (χ4n) is 5.74. The highest BCUT2D eigenvalue weighted by Crippen LogP contribution is 2.60. The highest BCUT2D eigenvalue weighted by Gasteiger charge is 2.54. The van der Waals surface area contributed by atoms with Crippen molar-refractivity contribution in [3.63, 3.8) is 0 Å². The van der Waals surface area contributed by atoms with Gasteiger partial charge >= 0.3 is 0 Å². The minimum atomic E-state index is -0.0580. The van der Waals surface area contributed by atoms with Gasteiger partial charge in [-0.05, 0) is 74.5 Å². The van der Waals surface area contributed by atoms with E-state index in [1.54, 1.807) is 12.1 Å². The predicted molar refractivity (Wildman–Crippen MR) is 101 cm³/mol. The highest BCUT2D eigenvalue weighted by molar-refractivity contribution is 7.99. The van der Waals surface area contributed by atoms with Crippen LogP contribution in [0.2, 0.25) is 5.02 Å². The van der Waals surface area contributed by atoms with Crippen LogP contribution in [0, 0.1) is 23.2 Å². The van der Waals surface area contributed by atoms with E-state index in [1.807, 2.05) is 12.1 Å². The first-order chi connectivity index (χ1) is 12.6. The lowest BCUT2D eigenvalue weighted by Gasteiger charge is -2.55. The second-order valence-electron chi connectivity index (χ2n) is 8.29. The molecule has 0 N–H and O–H groups in total. The lowest BCUT2D eigenvalue weighted by molar-refractivity contribution is -0.141. The van der Waals surface area contributed by atoms with Crippen LogP contribution >= 0.6 is 23.4 Å². The maximum Gasteiger partial charge on any atom is 0.277 e. The summed E-state index contributed by atoms with van der Waals surface area (Å²) in [6.07, 6.45) is 7.38. The highest BCUT2D eigenvalue weighted by atomic mass is 35.5. The summed E-state index contributed by atoms with van der Waals surface area (Å²) in [6.45, 7) is 0. The zero-order valence-corrected chi connectivity index (χ0v) is 16.1. The third-order valence-electron chi connectivity index (χ3n) is 6.43. The monoisotopic (exact) mass is 388 g/mol. The quantitative estimate of drug-likeness (QED) is 0.653. The van der Waals surface area contributed by atoms with E-state index in [1.165, 1.54) is 31.0 Å². The summed E-state index contributed by atoms with van der Waals surface area (Å²) >= 11 is 7.39. The number of benzene rings is 1. The molecule has 1 heterocycles. The number of Topliss-reactive ketones (excluding diaryl/α,β-unsaturated/α-hetero) is 1. The Hall–Kier alpha value is -1.33. The normalized spacial score (nSPS) is 32.1. The Morgan fingerprint density at radius 2 is 1.85 bits per heavy atom. The van der Waals surface area contributed by atoms with Gasteiger partial charge in [-0.2, -0.15) is 0 Å². The SMILES string of the molecule is O=C(CSc1nnc(-c2cccc(Cl)c2)o1)C12CC3CC(CC(C3)C1)C2. The average Bonchev–Trinajstić information content (AvgIpc) is 3.07. The van der Waals surface area contributed by atoms with E-state index in [0.717, 1.165) is 42.6 Å². The Balaban J connectivity index is 1.26. The molecule has 4 bridgehead atoms. The van der Waals surface area contributed by atoms with E-state index in [4.69, 9.17) is 16.0 Å². The van der Waals surface area contributed by atoms with E-state index in [-0.39, 0.29) is 5.41 Å². The minimum Gasteiger partial charge on any atom is -0.411 e. The zero-order valence-electron chi connectivity index (χ0n) is 14.5. The predicted octanol–water partition coefficient (Wildman–Crippen LogP) is 5.27. The molecule has 0 spiro atoms. The number of hydrogen-bond donors (Lipinski definition) is 0. The van der Waals surface area contributed by atoms with Gasteiger partial charge in [-0.1, -0.05) is 29.4 Å². The lowest BCUT2D eigenvalue weighted by atomic mass is 9.48. The van der Waals surface area contributed by atoms with Crippen molar-refractivity contribution in [2.24, 2.45) is 23.2 Å². The summed E-state index contributed by atoms with van der Waals surface area (Å²) in [5.74, 6) is 3.62. The summed E-state index contributed by atoms with van der Waals surface area (Å²) in [5, 5.41) is 9.27. The molecule has 4 aliphatic rings. The number of nitrogens with zero attached hydrogens (tertiary/aromatic N) is 2. The fourth-order valence-corrected chi connectivity index (χ4v) is 6.73. The van der Waals surface area contributed by atoms with Crippen LogP contribution in [0.3, 0.4) is 0 Å². The fraction of sp³-hybridized carbons (Fsp3) is 0.550. The van der Waals surface area contributed by atoms with Crippen molar-refractivity contribution in [1.82, 2.24) is 10.2 Å². The minimum absolute atomic E-state index is 0.0580. The Labute approximate surface area is 162 Å². The van der Waals surface area contributed by atoms with Crippen molar-refractivity contribution in [1.29, 1.82) is 0 Å². The molecule has 136 valence electrons. The summed E-state index contributed by atoms with van der Waals surface area (Å²) in [5.41, 5.74) is 0.738. The number of carbonyl (C=O) groups excluding carboxylic acids is 1. The molecule has 26 heavy (non-hydrogen) atoms. The molecule has 0 amide bonds. The first-order valence-electron chi connectivity index (χ1n) is 9.35. The van der Waals surface area contributed by atoms with Crippen molar-refractivity contribution >= 4 is 29.1 Å². The molecule has 6 rings (SSSR count). The third kappa shape index (κ3) is 2.99. The number of thioether (sulfide) groups is 1. The molecule has 1 aromatic heterocycles. The van der Waals surface area contributed by atoms with Crippen molar-refractivity contribution in [3.8, 4) is 11.5 Å². The third-order valence-corrected chi connectivity index (χ3v) is 7.49. The van der Waals surface area contributed by atoms with E-state index in [0.29, 0.717) is 27.7 Å². The number of hydrogen-bond acceptors (Lipinski definition) is 5. The van der Waals surface area contributed by atoms with Gasteiger partial charge in [-0.3, -0.25) is 4.79 Å². The largest absolute Gasteiger partial charge is 0.411 e. The Morgan fingerprint density at radius 3 is 2.50 bits per heavy atom. The van der Waals surface area contributed by atoms with Crippen LogP contribution in [0.5, 0.6) is 0 Å². The summed E-state index contributed by atoms with van der Waals surface area (Å²) in [6, 6.07) is 7.34. The second-order valence-corrected chi connectivity index (χ2v) is 9.66. The van der Waals surface area contributed by atoms with Crippen molar-refractivity contribution < 1.29 is 9.21 Å². The molecular weight excluding hydrogens is 368 g/mol. The number of rotatable bonds is 5. The van der Waals surface area contributed by atoms with Crippen LogP contribution in [0.25, 0.3) is 11.5 Å². The van der Waals surface area contributed by atoms with Gasteiger partial charge in [0, 0.05) is 16.0 Å². The summed E-state index contributed by atoms with van der Waals surface area (Å²) in [4.78, 5) is 13.1. The molecule has 0 radical (unpaired) electrons. The molecule has 6 heteroatoms. The van der Waals surface area contributed by atoms with Crippen molar-refractivity contribution in [3.05, 3.63) is 29.3 Å². The lowest BCUT2D eigenvalue weighted by Crippen LogP contribution is -2.50. The van der Waals surface area contributed by atoms with Gasteiger partial charge in [0.1, 0.15) is 5.78 Å². The molecule has 4 nitrogen and oxygen atoms in total. The summed E-state index contributed by atoms with van der Waals surface area (Å²) in [7, 11) is 0. The van der Waals surface area contributed by atoms with Gasteiger partial charge in [0.25, 0.3) is 5.22 Å². The zero-order chi connectivity index (χ0) is 17.7. The number of aromatic nitrogens is 2. The van der Waals surface area contributed by atoms with E-state index in [9.17, 15) is 4.79 Å². The van der Waals surface area contributed by atoms with Crippen molar-refractivity contribution in [2.45, 2.75) is 43.7 Å². The maximum atomic E-state index is 13.1. The Kier molecular flexibility index (Phi) is 4.13. The molecule has 4 saturated carbocycles. The van der Waals surface area contributed by atoms with Gasteiger partial charge in [-0.25, -0.2) is 0 Å². The van der Waals surface area contributed by atoms with E-state index in [2.05, 4.69) is 10.2 Å². The van der Waals surface area contributed by atoms with Gasteiger partial charge < -0.3 is 4.42 Å². The van der Waals surface area contributed by atoms with Crippen LogP contribution in [0.1, 0.15) is 38.5 Å². The van der Waals surface area contributed by atoms with E-state index >= 15 is 0 Å². The standard InChI is InChI=1S/C20H21ClN2O2S/c21-16-3-1-2-15(7-16)18-22-23-19(25-18)26-11-17(24)20-8-12-4-13(9-20)6-14(5-12)10-20/h1-3,7,12-14H,4-6,8-11H2.